The van der Waals surface area contributed by atoms with Gasteiger partial charge in [0.05, 0.1) is 0 Å². The summed E-state index contributed by atoms with van der Waals surface area (Å²) >= 11 is 6.44. The summed E-state index contributed by atoms with van der Waals surface area (Å²) in [6, 6.07) is 10.5. The second-order valence-corrected chi connectivity index (χ2v) is 8.71. The maximum absolute atomic E-state index is 13.1. The highest BCUT2D eigenvalue weighted by Gasteiger charge is 2.48. The number of pyridine rings is 1. The number of nitrogens with one attached hydrogen (secondary N) is 1. The Labute approximate surface area is 193 Å². The molecule has 2 amide bonds. The second-order valence-electron chi connectivity index (χ2n) is 8.30. The number of likely N-dealkylation sites (N-methyl/N-ethyl adjacent to an activating group) is 1. The molecule has 8 heteroatoms. The first kappa shape index (κ1) is 23.7. The van der Waals surface area contributed by atoms with Crippen LogP contribution in [-0.4, -0.2) is 35.8 Å². The van der Waals surface area contributed by atoms with E-state index in [1.807, 2.05) is 19.9 Å². The summed E-state index contributed by atoms with van der Waals surface area (Å²) in [5.74, 6) is -0.250. The molecule has 2 aromatic rings. The zero-order chi connectivity index (χ0) is 23.3. The lowest BCUT2D eigenvalue weighted by Crippen LogP contribution is -2.55. The Hall–Kier alpha value is -2.93. The molecule has 0 saturated heterocycles. The lowest BCUT2D eigenvalue weighted by atomic mass is 9.74. The van der Waals surface area contributed by atoms with E-state index in [-0.39, 0.29) is 24.5 Å². The van der Waals surface area contributed by atoms with Crippen molar-refractivity contribution >= 4 is 29.4 Å². The number of halogens is 1. The van der Waals surface area contributed by atoms with Gasteiger partial charge in [-0.1, -0.05) is 29.8 Å². The Morgan fingerprint density at radius 1 is 1.22 bits per heavy atom. The Bertz CT molecular complexity index is 1010. The van der Waals surface area contributed by atoms with E-state index < -0.39 is 11.6 Å². The molecule has 32 heavy (non-hydrogen) atoms. The molecule has 0 bridgehead atoms. The number of nitrogens with zero attached hydrogens (tertiary/aromatic N) is 2. The quantitative estimate of drug-likeness (QED) is 0.667. The zero-order valence-electron chi connectivity index (χ0n) is 18.6. The van der Waals surface area contributed by atoms with Crippen molar-refractivity contribution in [2.75, 3.05) is 7.05 Å². The predicted octanol–water partition coefficient (Wildman–Crippen LogP) is 3.83. The smallest absolute Gasteiger partial charge is 0.388 e. The normalized spacial score (nSPS) is 18.3. The summed E-state index contributed by atoms with van der Waals surface area (Å²) in [7, 11) is 1.58. The molecule has 1 atom stereocenters. The Kier molecular flexibility index (Phi) is 7.51. The van der Waals surface area contributed by atoms with Crippen LogP contribution in [0.5, 0.6) is 0 Å². The van der Waals surface area contributed by atoms with E-state index >= 15 is 0 Å². The van der Waals surface area contributed by atoms with Crippen molar-refractivity contribution in [3.63, 3.8) is 0 Å². The molecule has 0 radical (unpaired) electrons. The molecule has 1 aliphatic carbocycles. The molecule has 1 aliphatic rings. The average molecular weight is 459 g/mol. The van der Waals surface area contributed by atoms with Crippen LogP contribution in [0, 0.1) is 0 Å². The van der Waals surface area contributed by atoms with Gasteiger partial charge in [-0.25, -0.2) is 4.79 Å². The maximum atomic E-state index is 13.1. The molecule has 0 aliphatic heterocycles. The van der Waals surface area contributed by atoms with E-state index in [1.165, 1.54) is 4.90 Å². The van der Waals surface area contributed by atoms with Crippen LogP contribution < -0.4 is 9.88 Å². The van der Waals surface area contributed by atoms with Crippen molar-refractivity contribution in [3.05, 3.63) is 64.9 Å². The first-order chi connectivity index (χ1) is 15.3. The van der Waals surface area contributed by atoms with Crippen LogP contribution in [0.25, 0.3) is 0 Å². The third kappa shape index (κ3) is 4.93. The zero-order valence-corrected chi connectivity index (χ0v) is 19.4. The van der Waals surface area contributed by atoms with E-state index in [1.54, 1.807) is 54.3 Å². The minimum absolute atomic E-state index is 0.0108. The van der Waals surface area contributed by atoms with E-state index in [2.05, 4.69) is 5.32 Å². The van der Waals surface area contributed by atoms with Gasteiger partial charge in [-0.15, -0.1) is 0 Å². The number of ether oxygens (including phenoxy) is 1. The van der Waals surface area contributed by atoms with Gasteiger partial charge < -0.3 is 10.1 Å². The van der Waals surface area contributed by atoms with Gasteiger partial charge in [0, 0.05) is 36.2 Å². The fraction of sp³-hybridized carbons (Fsp3) is 0.417. The summed E-state index contributed by atoms with van der Waals surface area (Å²) in [5, 5.41) is 3.27. The van der Waals surface area contributed by atoms with Crippen molar-refractivity contribution in [1.29, 1.82) is 0 Å². The summed E-state index contributed by atoms with van der Waals surface area (Å²) in [6.07, 6.45) is 5.13. The van der Waals surface area contributed by atoms with E-state index in [4.69, 9.17) is 16.3 Å². The number of rotatable bonds is 6. The van der Waals surface area contributed by atoms with Gasteiger partial charge in [0.1, 0.15) is 11.1 Å². The van der Waals surface area contributed by atoms with Gasteiger partial charge >= 0.3 is 6.09 Å². The van der Waals surface area contributed by atoms with Gasteiger partial charge in [0.25, 0.3) is 12.6 Å². The first-order valence-electron chi connectivity index (χ1n) is 10.7. The number of aromatic nitrogens is 1. The molecule has 7 nitrogen and oxygen atoms in total. The van der Waals surface area contributed by atoms with Gasteiger partial charge in [-0.3, -0.25) is 14.5 Å². The summed E-state index contributed by atoms with van der Waals surface area (Å²) in [5.41, 5.74) is -0.0800. The second kappa shape index (κ2) is 10.1. The molecular formula is C24H29ClN3O4+. The van der Waals surface area contributed by atoms with Crippen molar-refractivity contribution in [3.8, 4) is 0 Å². The van der Waals surface area contributed by atoms with Crippen molar-refractivity contribution in [2.24, 2.45) is 0 Å². The van der Waals surface area contributed by atoms with Crippen LogP contribution in [0.1, 0.15) is 55.5 Å². The molecular weight excluding hydrogens is 430 g/mol. The molecule has 1 unspecified atom stereocenters. The van der Waals surface area contributed by atoms with Crippen LogP contribution in [-0.2, 0) is 21.8 Å². The maximum Gasteiger partial charge on any atom is 0.415 e. The largest absolute Gasteiger partial charge is 0.415 e. The molecule has 0 spiro atoms. The number of carbonyl (C=O) groups excluding carboxylic acids is 3. The van der Waals surface area contributed by atoms with Crippen LogP contribution in [0.3, 0.4) is 0 Å². The fourth-order valence-corrected chi connectivity index (χ4v) is 4.39. The van der Waals surface area contributed by atoms with Crippen molar-refractivity contribution in [2.45, 2.75) is 57.8 Å². The predicted molar refractivity (Wildman–Crippen MR) is 120 cm³/mol. The molecule has 3 rings (SSSR count). The number of ketones is 1. The van der Waals surface area contributed by atoms with E-state index in [9.17, 15) is 14.4 Å². The molecule has 1 aromatic carbocycles. The Balaban J connectivity index is 1.79. The fourth-order valence-electron chi connectivity index (χ4n) is 4.09. The molecule has 1 aromatic heterocycles. The molecule has 1 N–H and O–H groups in total. The molecule has 1 saturated carbocycles. The van der Waals surface area contributed by atoms with Gasteiger partial charge in [0.15, 0.2) is 18.2 Å². The summed E-state index contributed by atoms with van der Waals surface area (Å²) in [4.78, 5) is 39.8. The number of carbonyl (C=O) groups is 3. The van der Waals surface area contributed by atoms with Crippen LogP contribution in [0.4, 0.5) is 4.79 Å². The Morgan fingerprint density at radius 3 is 2.66 bits per heavy atom. The average Bonchev–Trinajstić information content (AvgIpc) is 2.78. The number of hydrogen-bond acceptors (Lipinski definition) is 4. The van der Waals surface area contributed by atoms with E-state index in [0.717, 1.165) is 12.8 Å². The van der Waals surface area contributed by atoms with Gasteiger partial charge in [-0.05, 0) is 45.2 Å². The van der Waals surface area contributed by atoms with Crippen LogP contribution >= 0.6 is 11.6 Å². The minimum atomic E-state index is -1.16. The topological polar surface area (TPSA) is 79.6 Å². The molecule has 1 heterocycles. The third-order valence-electron chi connectivity index (χ3n) is 5.70. The number of amides is 2. The molecule has 1 fully saturated rings. The number of Topliss-reactive ketones (excluding diaryl/α,β-unsaturated/α-hetero) is 1. The summed E-state index contributed by atoms with van der Waals surface area (Å²) in [6.45, 7) is 3.67. The highest BCUT2D eigenvalue weighted by atomic mass is 35.5. The lowest BCUT2D eigenvalue weighted by molar-refractivity contribution is -0.727. The highest BCUT2D eigenvalue weighted by molar-refractivity contribution is 6.31. The minimum Gasteiger partial charge on any atom is -0.388 e. The SMILES string of the molecule is CC(C)NC(=O)c1ccc[n+](COC(=O)N(C)C2(c3ccccc3Cl)CCCCC2=O)c1. The lowest BCUT2D eigenvalue weighted by Gasteiger charge is -2.43. The standard InChI is InChI=1S/C24H28ClN3O4/c1-17(2)26-22(30)18-9-8-14-28(15-18)16-32-23(31)27(3)24(13-7-6-12-21(24)29)19-10-4-5-11-20(19)25/h4-5,8-11,14-15,17H,6-7,12-13,16H2,1-3H3/p+1. The van der Waals surface area contributed by atoms with Crippen LogP contribution in [0.2, 0.25) is 5.02 Å². The van der Waals surface area contributed by atoms with Gasteiger partial charge in [0.2, 0.25) is 0 Å². The first-order valence-corrected chi connectivity index (χ1v) is 11.1. The highest BCUT2D eigenvalue weighted by Crippen LogP contribution is 2.42. The van der Waals surface area contributed by atoms with E-state index in [0.29, 0.717) is 29.0 Å². The monoisotopic (exact) mass is 458 g/mol. The molecule has 170 valence electrons. The van der Waals surface area contributed by atoms with Crippen molar-refractivity contribution < 1.29 is 23.7 Å². The van der Waals surface area contributed by atoms with Gasteiger partial charge in [-0.2, -0.15) is 4.57 Å². The number of benzene rings is 1. The summed E-state index contributed by atoms with van der Waals surface area (Å²) < 4.78 is 7.12. The van der Waals surface area contributed by atoms with Crippen molar-refractivity contribution in [1.82, 2.24) is 10.2 Å². The third-order valence-corrected chi connectivity index (χ3v) is 6.03. The number of hydrogen-bond donors (Lipinski definition) is 1. The van der Waals surface area contributed by atoms with Crippen LogP contribution in [0.15, 0.2) is 48.8 Å². The Morgan fingerprint density at radius 2 is 1.97 bits per heavy atom.